The minimum Gasteiger partial charge on any atom is -0.372 e. The highest BCUT2D eigenvalue weighted by Crippen LogP contribution is 2.25. The molecule has 1 aromatic rings. The summed E-state index contributed by atoms with van der Waals surface area (Å²) in [6, 6.07) is 6.18. The first-order valence-electron chi connectivity index (χ1n) is 8.88. The summed E-state index contributed by atoms with van der Waals surface area (Å²) in [5, 5.41) is 3.07. The fraction of sp³-hybridized carbons (Fsp3) is 0.579. The number of rotatable bonds is 5. The quantitative estimate of drug-likeness (QED) is 0.902. The zero-order valence-electron chi connectivity index (χ0n) is 15.3. The third-order valence-corrected chi connectivity index (χ3v) is 4.91. The van der Waals surface area contributed by atoms with Crippen LogP contribution in [0.1, 0.15) is 39.2 Å². The van der Waals surface area contributed by atoms with Crippen molar-refractivity contribution in [3.05, 3.63) is 23.8 Å². The largest absolute Gasteiger partial charge is 0.372 e. The van der Waals surface area contributed by atoms with Gasteiger partial charge in [-0.1, -0.05) is 0 Å². The van der Waals surface area contributed by atoms with Crippen LogP contribution in [0.5, 0.6) is 0 Å². The Bertz CT molecular complexity index is 588. The van der Waals surface area contributed by atoms with Gasteiger partial charge in [-0.15, -0.1) is 0 Å². The van der Waals surface area contributed by atoms with Crippen molar-refractivity contribution >= 4 is 23.2 Å². The van der Waals surface area contributed by atoms with Crippen LogP contribution >= 0.6 is 0 Å². The number of aryl methyl sites for hydroxylation is 1. The molecule has 1 aliphatic heterocycles. The van der Waals surface area contributed by atoms with Gasteiger partial charge in [-0.2, -0.15) is 0 Å². The number of nitrogens with one attached hydrogen (secondary N) is 1. The summed E-state index contributed by atoms with van der Waals surface area (Å²) >= 11 is 0. The molecule has 1 N–H and O–H groups in total. The summed E-state index contributed by atoms with van der Waals surface area (Å²) in [7, 11) is 0. The minimum absolute atomic E-state index is 0.0116. The molecule has 2 amide bonds. The summed E-state index contributed by atoms with van der Waals surface area (Å²) in [6.45, 7) is 11.2. The van der Waals surface area contributed by atoms with Crippen molar-refractivity contribution in [1.29, 1.82) is 0 Å². The van der Waals surface area contributed by atoms with Crippen LogP contribution in [0.4, 0.5) is 11.4 Å². The Kier molecular flexibility index (Phi) is 6.23. The van der Waals surface area contributed by atoms with Gasteiger partial charge in [0.15, 0.2) is 0 Å². The number of nitrogens with zero attached hydrogens (tertiary/aromatic N) is 2. The maximum atomic E-state index is 12.5. The van der Waals surface area contributed by atoms with E-state index >= 15 is 0 Å². The van der Waals surface area contributed by atoms with E-state index in [0.29, 0.717) is 13.1 Å². The van der Waals surface area contributed by atoms with E-state index in [0.717, 1.165) is 37.2 Å². The van der Waals surface area contributed by atoms with Crippen LogP contribution < -0.4 is 10.2 Å². The first kappa shape index (κ1) is 18.3. The maximum Gasteiger partial charge on any atom is 0.227 e. The van der Waals surface area contributed by atoms with Crippen LogP contribution in [0.2, 0.25) is 0 Å². The van der Waals surface area contributed by atoms with Crippen molar-refractivity contribution in [2.24, 2.45) is 5.92 Å². The minimum atomic E-state index is -0.0116. The molecule has 1 heterocycles. The Labute approximate surface area is 145 Å². The summed E-state index contributed by atoms with van der Waals surface area (Å²) in [4.78, 5) is 28.0. The smallest absolute Gasteiger partial charge is 0.227 e. The number of amides is 2. The van der Waals surface area contributed by atoms with E-state index in [1.54, 1.807) is 6.92 Å². The van der Waals surface area contributed by atoms with Crippen LogP contribution in [0.3, 0.4) is 0 Å². The monoisotopic (exact) mass is 331 g/mol. The average molecular weight is 331 g/mol. The highest BCUT2D eigenvalue weighted by molar-refractivity contribution is 5.93. The number of hydrogen-bond acceptors (Lipinski definition) is 3. The van der Waals surface area contributed by atoms with E-state index in [1.165, 1.54) is 5.69 Å². The molecule has 1 saturated heterocycles. The number of carbonyl (C=O) groups is 2. The van der Waals surface area contributed by atoms with Crippen LogP contribution in [0.25, 0.3) is 0 Å². The molecule has 0 bridgehead atoms. The van der Waals surface area contributed by atoms with Crippen LogP contribution in [-0.2, 0) is 9.59 Å². The predicted octanol–water partition coefficient (Wildman–Crippen LogP) is 3.04. The molecule has 0 radical (unpaired) electrons. The summed E-state index contributed by atoms with van der Waals surface area (Å²) < 4.78 is 0. The molecule has 1 aromatic carbocycles. The molecule has 1 aliphatic rings. The summed E-state index contributed by atoms with van der Waals surface area (Å²) in [6.07, 6.45) is 1.48. The van der Waals surface area contributed by atoms with Gasteiger partial charge in [0.05, 0.1) is 0 Å². The fourth-order valence-electron chi connectivity index (χ4n) is 3.26. The lowest BCUT2D eigenvalue weighted by Crippen LogP contribution is -2.40. The molecule has 0 unspecified atom stereocenters. The number of piperidine rings is 1. The predicted molar refractivity (Wildman–Crippen MR) is 98.3 cm³/mol. The van der Waals surface area contributed by atoms with Gasteiger partial charge in [-0.25, -0.2) is 0 Å². The molecule has 2 rings (SSSR count). The van der Waals surface area contributed by atoms with E-state index in [4.69, 9.17) is 0 Å². The molecule has 1 fully saturated rings. The van der Waals surface area contributed by atoms with Crippen LogP contribution in [0, 0.1) is 12.8 Å². The van der Waals surface area contributed by atoms with Crippen molar-refractivity contribution in [1.82, 2.24) is 4.90 Å². The topological polar surface area (TPSA) is 52.7 Å². The molecule has 132 valence electrons. The van der Waals surface area contributed by atoms with E-state index in [-0.39, 0.29) is 17.7 Å². The zero-order valence-corrected chi connectivity index (χ0v) is 15.3. The van der Waals surface area contributed by atoms with E-state index < -0.39 is 0 Å². The lowest BCUT2D eigenvalue weighted by molar-refractivity contribution is -0.132. The second-order valence-corrected chi connectivity index (χ2v) is 6.44. The molecule has 0 aromatic heterocycles. The Balaban J connectivity index is 1.98. The van der Waals surface area contributed by atoms with Gasteiger partial charge in [-0.05, 0) is 57.4 Å². The number of likely N-dealkylation sites (tertiary alicyclic amines) is 1. The molecular formula is C19H29N3O2. The van der Waals surface area contributed by atoms with E-state index in [1.807, 2.05) is 17.9 Å². The summed E-state index contributed by atoms with van der Waals surface area (Å²) in [5.41, 5.74) is 3.14. The zero-order chi connectivity index (χ0) is 17.7. The first-order chi connectivity index (χ1) is 11.5. The third-order valence-electron chi connectivity index (χ3n) is 4.91. The molecule has 0 aliphatic carbocycles. The van der Waals surface area contributed by atoms with Crippen molar-refractivity contribution in [3.8, 4) is 0 Å². The Morgan fingerprint density at radius 3 is 2.33 bits per heavy atom. The third kappa shape index (κ3) is 4.28. The average Bonchev–Trinajstić information content (AvgIpc) is 2.58. The van der Waals surface area contributed by atoms with E-state index in [9.17, 15) is 9.59 Å². The standard InChI is InChI=1S/C19H29N3O2/c1-5-21(6-2)17-7-8-18(14(3)13-17)20-19(24)16-9-11-22(12-10-16)15(4)23/h7-8,13,16H,5-6,9-12H2,1-4H3,(H,20,24). The molecule has 5 heteroatoms. The molecule has 0 spiro atoms. The number of anilines is 2. The van der Waals surface area contributed by atoms with Gasteiger partial charge < -0.3 is 15.1 Å². The second kappa shape index (κ2) is 8.18. The lowest BCUT2D eigenvalue weighted by atomic mass is 9.95. The Morgan fingerprint density at radius 1 is 1.21 bits per heavy atom. The van der Waals surface area contributed by atoms with Gasteiger partial charge >= 0.3 is 0 Å². The number of benzene rings is 1. The number of carbonyl (C=O) groups excluding carboxylic acids is 2. The lowest BCUT2D eigenvalue weighted by Gasteiger charge is -2.30. The highest BCUT2D eigenvalue weighted by atomic mass is 16.2. The molecule has 0 saturated carbocycles. The molecule has 24 heavy (non-hydrogen) atoms. The van der Waals surface area contributed by atoms with Crippen molar-refractivity contribution in [2.75, 3.05) is 36.4 Å². The van der Waals surface area contributed by atoms with Crippen molar-refractivity contribution in [3.63, 3.8) is 0 Å². The first-order valence-corrected chi connectivity index (χ1v) is 8.88. The van der Waals surface area contributed by atoms with Crippen LogP contribution in [-0.4, -0.2) is 42.9 Å². The van der Waals surface area contributed by atoms with Gasteiger partial charge in [0.2, 0.25) is 11.8 Å². The van der Waals surface area contributed by atoms with Gasteiger partial charge in [-0.3, -0.25) is 9.59 Å². The second-order valence-electron chi connectivity index (χ2n) is 6.44. The van der Waals surface area contributed by atoms with Gasteiger partial charge in [0, 0.05) is 50.4 Å². The van der Waals surface area contributed by atoms with Gasteiger partial charge in [0.25, 0.3) is 0 Å². The molecule has 0 atom stereocenters. The normalized spacial score (nSPS) is 15.2. The molecular weight excluding hydrogens is 302 g/mol. The Morgan fingerprint density at radius 2 is 1.83 bits per heavy atom. The number of hydrogen-bond donors (Lipinski definition) is 1. The molecule has 5 nitrogen and oxygen atoms in total. The summed E-state index contributed by atoms with van der Waals surface area (Å²) in [5.74, 6) is 0.149. The van der Waals surface area contributed by atoms with E-state index in [2.05, 4.69) is 36.2 Å². The van der Waals surface area contributed by atoms with Crippen LogP contribution in [0.15, 0.2) is 18.2 Å². The van der Waals surface area contributed by atoms with Crippen molar-refractivity contribution < 1.29 is 9.59 Å². The fourth-order valence-corrected chi connectivity index (χ4v) is 3.26. The SMILES string of the molecule is CCN(CC)c1ccc(NC(=O)C2CCN(C(C)=O)CC2)c(C)c1. The highest BCUT2D eigenvalue weighted by Gasteiger charge is 2.26. The Hall–Kier alpha value is -2.04. The van der Waals surface area contributed by atoms with Gasteiger partial charge in [0.1, 0.15) is 0 Å². The van der Waals surface area contributed by atoms with Crippen molar-refractivity contribution in [2.45, 2.75) is 40.5 Å². The maximum absolute atomic E-state index is 12.5.